The van der Waals surface area contributed by atoms with Crippen molar-refractivity contribution in [3.8, 4) is 45.4 Å². The smallest absolute Gasteiger partial charge is 0.138 e. The monoisotopic (exact) mass is 434 g/mol. The van der Waals surface area contributed by atoms with Gasteiger partial charge in [-0.25, -0.2) is 4.98 Å². The van der Waals surface area contributed by atoms with Gasteiger partial charge in [-0.3, -0.25) is 0 Å². The lowest BCUT2D eigenvalue weighted by atomic mass is 10.0. The standard InChI is InChI=1S/C23H19BrN2O2/c1-27-19-11-5-15(6-12-19)21-22(16-7-13-20(28-2)14-8-16)26-23(25-21)17-3-9-18(24)10-4-17/h3-14H,1-2H3,(H,25,26). The number of aromatic nitrogens is 2. The quantitative estimate of drug-likeness (QED) is 0.407. The van der Waals surface area contributed by atoms with E-state index in [1.165, 1.54) is 0 Å². The Hall–Kier alpha value is -3.05. The van der Waals surface area contributed by atoms with Crippen LogP contribution >= 0.6 is 15.9 Å². The topological polar surface area (TPSA) is 47.1 Å². The molecule has 1 aromatic heterocycles. The fourth-order valence-electron chi connectivity index (χ4n) is 3.04. The number of ether oxygens (including phenoxy) is 2. The summed E-state index contributed by atoms with van der Waals surface area (Å²) in [5.74, 6) is 2.46. The van der Waals surface area contributed by atoms with Gasteiger partial charge < -0.3 is 14.5 Å². The molecule has 0 amide bonds. The predicted molar refractivity (Wildman–Crippen MR) is 116 cm³/mol. The number of hydrogen-bond donors (Lipinski definition) is 1. The van der Waals surface area contributed by atoms with Crippen molar-refractivity contribution in [1.82, 2.24) is 9.97 Å². The van der Waals surface area contributed by atoms with Crippen LogP contribution in [0.25, 0.3) is 33.9 Å². The summed E-state index contributed by atoms with van der Waals surface area (Å²) in [5, 5.41) is 0. The Bertz CT molecular complexity index is 1000. The maximum absolute atomic E-state index is 5.29. The first-order valence-electron chi connectivity index (χ1n) is 8.83. The normalized spacial score (nSPS) is 10.7. The first-order valence-corrected chi connectivity index (χ1v) is 9.62. The summed E-state index contributed by atoms with van der Waals surface area (Å²) in [6, 6.07) is 24.0. The van der Waals surface area contributed by atoms with E-state index in [0.29, 0.717) is 0 Å². The van der Waals surface area contributed by atoms with Crippen LogP contribution in [0.3, 0.4) is 0 Å². The first-order chi connectivity index (χ1) is 13.7. The predicted octanol–water partition coefficient (Wildman–Crippen LogP) is 6.19. The molecular weight excluding hydrogens is 416 g/mol. The zero-order valence-electron chi connectivity index (χ0n) is 15.6. The number of imidazole rings is 1. The molecule has 0 unspecified atom stereocenters. The Morgan fingerprint density at radius 1 is 0.679 bits per heavy atom. The van der Waals surface area contributed by atoms with Crippen molar-refractivity contribution in [2.75, 3.05) is 14.2 Å². The molecule has 0 aliphatic heterocycles. The largest absolute Gasteiger partial charge is 0.497 e. The maximum atomic E-state index is 5.29. The maximum Gasteiger partial charge on any atom is 0.138 e. The molecule has 140 valence electrons. The molecule has 4 nitrogen and oxygen atoms in total. The number of rotatable bonds is 5. The van der Waals surface area contributed by atoms with E-state index in [4.69, 9.17) is 14.5 Å². The third-order valence-electron chi connectivity index (χ3n) is 4.56. The highest BCUT2D eigenvalue weighted by Gasteiger charge is 2.15. The van der Waals surface area contributed by atoms with Gasteiger partial charge in [-0.1, -0.05) is 28.1 Å². The van der Waals surface area contributed by atoms with Gasteiger partial charge in [0.15, 0.2) is 0 Å². The fourth-order valence-corrected chi connectivity index (χ4v) is 3.31. The van der Waals surface area contributed by atoms with Crippen molar-refractivity contribution in [3.63, 3.8) is 0 Å². The zero-order valence-corrected chi connectivity index (χ0v) is 17.2. The molecule has 0 radical (unpaired) electrons. The number of benzene rings is 3. The van der Waals surface area contributed by atoms with Crippen molar-refractivity contribution in [2.24, 2.45) is 0 Å². The van der Waals surface area contributed by atoms with Gasteiger partial charge in [0.25, 0.3) is 0 Å². The second-order valence-electron chi connectivity index (χ2n) is 6.27. The average Bonchev–Trinajstić information content (AvgIpc) is 3.20. The number of aromatic amines is 1. The Labute approximate surface area is 172 Å². The minimum atomic E-state index is 0.818. The van der Waals surface area contributed by atoms with Crippen LogP contribution in [-0.2, 0) is 0 Å². The van der Waals surface area contributed by atoms with Gasteiger partial charge in [0.1, 0.15) is 17.3 Å². The van der Waals surface area contributed by atoms with Crippen molar-refractivity contribution in [2.45, 2.75) is 0 Å². The number of nitrogens with zero attached hydrogens (tertiary/aromatic N) is 1. The van der Waals surface area contributed by atoms with Crippen LogP contribution in [0.5, 0.6) is 11.5 Å². The molecule has 0 fully saturated rings. The van der Waals surface area contributed by atoms with Gasteiger partial charge in [-0.2, -0.15) is 0 Å². The summed E-state index contributed by atoms with van der Waals surface area (Å²) in [6.45, 7) is 0. The minimum Gasteiger partial charge on any atom is -0.497 e. The average molecular weight is 435 g/mol. The number of nitrogens with one attached hydrogen (secondary N) is 1. The molecule has 0 bridgehead atoms. The van der Waals surface area contributed by atoms with E-state index in [1.807, 2.05) is 72.8 Å². The SMILES string of the molecule is COc1ccc(-c2nc(-c3ccc(Br)cc3)[nH]c2-c2ccc(OC)cc2)cc1. The van der Waals surface area contributed by atoms with Crippen LogP contribution in [0.4, 0.5) is 0 Å². The fraction of sp³-hybridized carbons (Fsp3) is 0.0870. The van der Waals surface area contributed by atoms with E-state index in [0.717, 1.165) is 49.9 Å². The lowest BCUT2D eigenvalue weighted by Gasteiger charge is -2.06. The summed E-state index contributed by atoms with van der Waals surface area (Å²) >= 11 is 3.48. The first kappa shape index (κ1) is 18.3. The molecule has 1 heterocycles. The van der Waals surface area contributed by atoms with E-state index in [-0.39, 0.29) is 0 Å². The number of halogens is 1. The molecule has 1 N–H and O–H groups in total. The minimum absolute atomic E-state index is 0.818. The van der Waals surface area contributed by atoms with Gasteiger partial charge in [0, 0.05) is 21.2 Å². The van der Waals surface area contributed by atoms with E-state index < -0.39 is 0 Å². The Balaban J connectivity index is 1.84. The van der Waals surface area contributed by atoms with Crippen molar-refractivity contribution >= 4 is 15.9 Å². The number of hydrogen-bond acceptors (Lipinski definition) is 3. The molecule has 28 heavy (non-hydrogen) atoms. The van der Waals surface area contributed by atoms with E-state index >= 15 is 0 Å². The van der Waals surface area contributed by atoms with Gasteiger partial charge >= 0.3 is 0 Å². The third kappa shape index (κ3) is 3.66. The third-order valence-corrected chi connectivity index (χ3v) is 5.09. The molecule has 0 aliphatic carbocycles. The summed E-state index contributed by atoms with van der Waals surface area (Å²) in [7, 11) is 3.33. The van der Waals surface area contributed by atoms with Crippen LogP contribution in [0, 0.1) is 0 Å². The Kier molecular flexibility index (Phi) is 5.17. The Morgan fingerprint density at radius 2 is 1.18 bits per heavy atom. The zero-order chi connectivity index (χ0) is 19.5. The van der Waals surface area contributed by atoms with E-state index in [1.54, 1.807) is 14.2 Å². The van der Waals surface area contributed by atoms with E-state index in [2.05, 4.69) is 20.9 Å². The molecule has 0 spiro atoms. The molecule has 4 aromatic rings. The van der Waals surface area contributed by atoms with Gasteiger partial charge in [-0.05, 0) is 60.7 Å². The van der Waals surface area contributed by atoms with Gasteiger partial charge in [0.05, 0.1) is 25.6 Å². The van der Waals surface area contributed by atoms with Crippen molar-refractivity contribution < 1.29 is 9.47 Å². The van der Waals surface area contributed by atoms with Crippen molar-refractivity contribution in [3.05, 3.63) is 77.3 Å². The molecule has 4 rings (SSSR count). The van der Waals surface area contributed by atoms with E-state index in [9.17, 15) is 0 Å². The highest BCUT2D eigenvalue weighted by molar-refractivity contribution is 9.10. The van der Waals surface area contributed by atoms with Gasteiger partial charge in [0.2, 0.25) is 0 Å². The Morgan fingerprint density at radius 3 is 1.71 bits per heavy atom. The molecule has 3 aromatic carbocycles. The molecular formula is C23H19BrN2O2. The van der Waals surface area contributed by atoms with Crippen LogP contribution in [0.15, 0.2) is 77.3 Å². The number of methoxy groups -OCH3 is 2. The second-order valence-corrected chi connectivity index (χ2v) is 7.19. The summed E-state index contributed by atoms with van der Waals surface area (Å²) in [5.41, 5.74) is 4.95. The summed E-state index contributed by atoms with van der Waals surface area (Å²) in [4.78, 5) is 8.41. The molecule has 0 saturated heterocycles. The van der Waals surface area contributed by atoms with Crippen molar-refractivity contribution in [1.29, 1.82) is 0 Å². The molecule has 0 atom stereocenters. The molecule has 5 heteroatoms. The van der Waals surface area contributed by atoms with Crippen LogP contribution in [0.1, 0.15) is 0 Å². The molecule has 0 saturated carbocycles. The number of H-pyrrole nitrogens is 1. The second kappa shape index (κ2) is 7.90. The summed E-state index contributed by atoms with van der Waals surface area (Å²) < 4.78 is 11.6. The van der Waals surface area contributed by atoms with Crippen LogP contribution < -0.4 is 9.47 Å². The van der Waals surface area contributed by atoms with Crippen LogP contribution in [-0.4, -0.2) is 24.2 Å². The lowest BCUT2D eigenvalue weighted by Crippen LogP contribution is -1.87. The summed E-state index contributed by atoms with van der Waals surface area (Å²) in [6.07, 6.45) is 0. The molecule has 0 aliphatic rings. The highest BCUT2D eigenvalue weighted by Crippen LogP contribution is 2.34. The van der Waals surface area contributed by atoms with Gasteiger partial charge in [-0.15, -0.1) is 0 Å². The lowest BCUT2D eigenvalue weighted by molar-refractivity contribution is 0.414. The highest BCUT2D eigenvalue weighted by atomic mass is 79.9. The van der Waals surface area contributed by atoms with Crippen LogP contribution in [0.2, 0.25) is 0 Å².